The molecule has 108 valence electrons. The lowest BCUT2D eigenvalue weighted by molar-refractivity contribution is -0.0714. The van der Waals surface area contributed by atoms with Crippen LogP contribution < -0.4 is 5.73 Å². The topological polar surface area (TPSA) is 38.5 Å². The summed E-state index contributed by atoms with van der Waals surface area (Å²) in [5, 5.41) is 0. The van der Waals surface area contributed by atoms with E-state index in [-0.39, 0.29) is 12.1 Å². The molecule has 0 aliphatic carbocycles. The Kier molecular flexibility index (Phi) is 5.69. The van der Waals surface area contributed by atoms with Gasteiger partial charge in [-0.25, -0.2) is 0 Å². The molecule has 0 aromatic carbocycles. The van der Waals surface area contributed by atoms with Crippen LogP contribution in [0.2, 0.25) is 4.34 Å². The fourth-order valence-corrected chi connectivity index (χ4v) is 4.42. The molecule has 1 aliphatic heterocycles. The number of ether oxygens (including phenoxy) is 1. The largest absolute Gasteiger partial charge is 0.376 e. The first-order valence-electron chi connectivity index (χ1n) is 6.58. The fraction of sp³-hybridized carbons (Fsp3) is 0.692. The predicted molar refractivity (Wildman–Crippen MR) is 85.0 cm³/mol. The monoisotopic (exact) mass is 366 g/mol. The van der Waals surface area contributed by atoms with Crippen LogP contribution in [0.5, 0.6) is 0 Å². The second-order valence-corrected chi connectivity index (χ2v) is 7.46. The van der Waals surface area contributed by atoms with E-state index in [1.54, 1.807) is 11.3 Å². The molecule has 1 fully saturated rings. The van der Waals surface area contributed by atoms with Crippen molar-refractivity contribution in [1.29, 1.82) is 0 Å². The Bertz CT molecular complexity index is 409. The van der Waals surface area contributed by atoms with Gasteiger partial charge in [-0.1, -0.05) is 18.5 Å². The van der Waals surface area contributed by atoms with Crippen LogP contribution in [0.15, 0.2) is 10.5 Å². The van der Waals surface area contributed by atoms with Gasteiger partial charge in [0.15, 0.2) is 0 Å². The molecule has 0 spiro atoms. The van der Waals surface area contributed by atoms with Crippen LogP contribution >= 0.6 is 38.9 Å². The van der Waals surface area contributed by atoms with Gasteiger partial charge in [-0.15, -0.1) is 11.3 Å². The molecule has 19 heavy (non-hydrogen) atoms. The van der Waals surface area contributed by atoms with Gasteiger partial charge in [0.2, 0.25) is 0 Å². The normalized spacial score (nSPS) is 26.6. The van der Waals surface area contributed by atoms with Crippen molar-refractivity contribution in [1.82, 2.24) is 4.90 Å². The Labute approximate surface area is 132 Å². The number of rotatable bonds is 4. The van der Waals surface area contributed by atoms with E-state index in [9.17, 15) is 0 Å². The van der Waals surface area contributed by atoms with Gasteiger partial charge < -0.3 is 10.5 Å². The first-order chi connectivity index (χ1) is 9.06. The molecule has 0 radical (unpaired) electrons. The van der Waals surface area contributed by atoms with Gasteiger partial charge in [0.05, 0.1) is 18.8 Å². The molecule has 1 aliphatic rings. The summed E-state index contributed by atoms with van der Waals surface area (Å²) < 4.78 is 7.51. The molecule has 3 atom stereocenters. The van der Waals surface area contributed by atoms with E-state index in [1.807, 2.05) is 0 Å². The number of thiophene rings is 1. The van der Waals surface area contributed by atoms with E-state index >= 15 is 0 Å². The highest BCUT2D eigenvalue weighted by Crippen LogP contribution is 2.38. The minimum atomic E-state index is 0.227. The summed E-state index contributed by atoms with van der Waals surface area (Å²) in [6.45, 7) is 6.63. The summed E-state index contributed by atoms with van der Waals surface area (Å²) in [6, 6.07) is 2.76. The molecule has 3 nitrogen and oxygen atoms in total. The minimum absolute atomic E-state index is 0.227. The lowest BCUT2D eigenvalue weighted by Gasteiger charge is -2.42. The van der Waals surface area contributed by atoms with Crippen molar-refractivity contribution in [3.8, 4) is 0 Å². The number of hydrogen-bond acceptors (Lipinski definition) is 4. The van der Waals surface area contributed by atoms with Crippen LogP contribution in [0.1, 0.15) is 31.2 Å². The van der Waals surface area contributed by atoms with Crippen molar-refractivity contribution >= 4 is 38.9 Å². The predicted octanol–water partition coefficient (Wildman–Crippen LogP) is 3.66. The van der Waals surface area contributed by atoms with Gasteiger partial charge in [0.25, 0.3) is 0 Å². The average molecular weight is 368 g/mol. The molecule has 0 bridgehead atoms. The van der Waals surface area contributed by atoms with Crippen LogP contribution in [-0.2, 0) is 4.74 Å². The molecule has 0 amide bonds. The first kappa shape index (κ1) is 15.7. The lowest BCUT2D eigenvalue weighted by atomic mass is 10.1. The number of nitrogens with two attached hydrogens (primary N) is 1. The molecular weight excluding hydrogens is 348 g/mol. The van der Waals surface area contributed by atoms with Gasteiger partial charge in [0, 0.05) is 28.5 Å². The van der Waals surface area contributed by atoms with Crippen LogP contribution in [-0.4, -0.2) is 36.7 Å². The number of morpholine rings is 1. The van der Waals surface area contributed by atoms with Crippen molar-refractivity contribution in [2.75, 3.05) is 19.7 Å². The van der Waals surface area contributed by atoms with Crippen molar-refractivity contribution in [2.45, 2.75) is 38.5 Å². The third-order valence-corrected chi connectivity index (χ3v) is 6.17. The molecule has 0 saturated carbocycles. The highest BCUT2D eigenvalue weighted by atomic mass is 79.9. The highest BCUT2D eigenvalue weighted by molar-refractivity contribution is 9.10. The number of hydrogen-bond donors (Lipinski definition) is 1. The Morgan fingerprint density at radius 1 is 1.68 bits per heavy atom. The Balaban J connectivity index is 2.23. The third kappa shape index (κ3) is 3.52. The second kappa shape index (κ2) is 6.87. The fourth-order valence-electron chi connectivity index (χ4n) is 2.55. The van der Waals surface area contributed by atoms with Gasteiger partial charge >= 0.3 is 0 Å². The van der Waals surface area contributed by atoms with E-state index in [2.05, 4.69) is 40.7 Å². The molecule has 6 heteroatoms. The molecule has 3 unspecified atom stereocenters. The van der Waals surface area contributed by atoms with Crippen LogP contribution in [0.3, 0.4) is 0 Å². The van der Waals surface area contributed by atoms with Crippen LogP contribution in [0.4, 0.5) is 0 Å². The molecule has 2 heterocycles. The zero-order valence-corrected chi connectivity index (χ0v) is 14.4. The standard InChI is InChI=1S/C13H20BrClN2OS/c1-3-9-7-18-8(2)6-17(9)11(5-16)12-4-10(14)13(15)19-12/h4,8-9,11H,3,5-7,16H2,1-2H3. The smallest absolute Gasteiger partial charge is 0.107 e. The van der Waals surface area contributed by atoms with Crippen molar-refractivity contribution < 1.29 is 4.74 Å². The first-order valence-corrected chi connectivity index (χ1v) is 8.57. The maximum Gasteiger partial charge on any atom is 0.107 e. The molecule has 2 rings (SSSR count). The zero-order chi connectivity index (χ0) is 14.0. The van der Waals surface area contributed by atoms with Crippen molar-refractivity contribution in [3.63, 3.8) is 0 Å². The van der Waals surface area contributed by atoms with E-state index < -0.39 is 0 Å². The molecule has 1 aromatic rings. The van der Waals surface area contributed by atoms with Gasteiger partial charge in [-0.2, -0.15) is 0 Å². The molecule has 1 aromatic heterocycles. The second-order valence-electron chi connectivity index (χ2n) is 4.92. The van der Waals surface area contributed by atoms with Crippen molar-refractivity contribution in [3.05, 3.63) is 19.8 Å². The van der Waals surface area contributed by atoms with Crippen molar-refractivity contribution in [2.24, 2.45) is 5.73 Å². The van der Waals surface area contributed by atoms with Crippen LogP contribution in [0.25, 0.3) is 0 Å². The van der Waals surface area contributed by atoms with E-state index in [0.29, 0.717) is 12.6 Å². The van der Waals surface area contributed by atoms with Gasteiger partial charge in [-0.3, -0.25) is 4.90 Å². The summed E-state index contributed by atoms with van der Waals surface area (Å²) >= 11 is 11.2. The summed E-state index contributed by atoms with van der Waals surface area (Å²) in [7, 11) is 0. The maximum atomic E-state index is 6.16. The quantitative estimate of drug-likeness (QED) is 0.882. The average Bonchev–Trinajstić information content (AvgIpc) is 2.70. The van der Waals surface area contributed by atoms with E-state index in [1.165, 1.54) is 4.88 Å². The maximum absolute atomic E-state index is 6.16. The van der Waals surface area contributed by atoms with Gasteiger partial charge in [-0.05, 0) is 35.3 Å². The SMILES string of the molecule is CCC1COC(C)CN1C(CN)c1cc(Br)c(Cl)s1. The zero-order valence-electron chi connectivity index (χ0n) is 11.2. The lowest BCUT2D eigenvalue weighted by Crippen LogP contribution is -2.51. The van der Waals surface area contributed by atoms with E-state index in [4.69, 9.17) is 22.1 Å². The summed E-state index contributed by atoms with van der Waals surface area (Å²) in [6.07, 6.45) is 1.33. The molecular formula is C13H20BrClN2OS. The Morgan fingerprint density at radius 3 is 2.95 bits per heavy atom. The summed E-state index contributed by atoms with van der Waals surface area (Å²) in [5.41, 5.74) is 6.02. The number of halogens is 2. The third-order valence-electron chi connectivity index (χ3n) is 3.60. The highest BCUT2D eigenvalue weighted by Gasteiger charge is 2.32. The Morgan fingerprint density at radius 2 is 2.42 bits per heavy atom. The number of nitrogens with zero attached hydrogens (tertiary/aromatic N) is 1. The molecule has 1 saturated heterocycles. The summed E-state index contributed by atoms with van der Waals surface area (Å²) in [4.78, 5) is 3.70. The van der Waals surface area contributed by atoms with Crippen LogP contribution in [0, 0.1) is 0 Å². The minimum Gasteiger partial charge on any atom is -0.376 e. The van der Waals surface area contributed by atoms with Gasteiger partial charge in [0.1, 0.15) is 4.34 Å². The summed E-state index contributed by atoms with van der Waals surface area (Å²) in [5.74, 6) is 0. The van der Waals surface area contributed by atoms with E-state index in [0.717, 1.165) is 28.4 Å². The molecule has 2 N–H and O–H groups in total. The Hall–Kier alpha value is 0.350.